The van der Waals surface area contributed by atoms with Gasteiger partial charge in [0.1, 0.15) is 0 Å². The third-order valence-electron chi connectivity index (χ3n) is 1.64. The summed E-state index contributed by atoms with van der Waals surface area (Å²) in [7, 11) is 0. The molecule has 0 bridgehead atoms. The van der Waals surface area contributed by atoms with E-state index >= 15 is 0 Å². The molecule has 1 rings (SSSR count). The monoisotopic (exact) mass is 178 g/mol. The zero-order valence-corrected chi connectivity index (χ0v) is 7.87. The highest BCUT2D eigenvalue weighted by Gasteiger charge is 2.07. The topological polar surface area (TPSA) is 49.1 Å². The van der Waals surface area contributed by atoms with E-state index in [0.29, 0.717) is 11.8 Å². The van der Waals surface area contributed by atoms with E-state index < -0.39 is 0 Å². The van der Waals surface area contributed by atoms with E-state index in [1.807, 2.05) is 43.4 Å². The highest BCUT2D eigenvalue weighted by Crippen LogP contribution is 2.03. The summed E-state index contributed by atoms with van der Waals surface area (Å²) in [5.74, 6) is 0. The Kier molecular flexibility index (Phi) is 3.31. The van der Waals surface area contributed by atoms with Gasteiger partial charge in [0.15, 0.2) is 0 Å². The zero-order chi connectivity index (χ0) is 9.68. The lowest BCUT2D eigenvalue weighted by Crippen LogP contribution is -2.65. The average molecular weight is 178 g/mol. The summed E-state index contributed by atoms with van der Waals surface area (Å²) in [6.07, 6.45) is 9.20. The van der Waals surface area contributed by atoms with Gasteiger partial charge in [0.2, 0.25) is 5.71 Å². The van der Waals surface area contributed by atoms with Crippen molar-refractivity contribution in [1.82, 2.24) is 5.32 Å². The van der Waals surface area contributed by atoms with Gasteiger partial charge in [-0.15, -0.1) is 0 Å². The standard InChI is InChI=1S/C10H14N2O/c1-8(2)11-7-9-5-3-4-6-10(9)12-13/h3-8,11-12H,1-2H3/b9-7-,12-10+. The lowest BCUT2D eigenvalue weighted by Gasteiger charge is -2.06. The van der Waals surface area contributed by atoms with E-state index in [4.69, 9.17) is 0 Å². The quantitative estimate of drug-likeness (QED) is 0.462. The van der Waals surface area contributed by atoms with Crippen LogP contribution in [0.5, 0.6) is 0 Å². The van der Waals surface area contributed by atoms with Crippen molar-refractivity contribution in [1.29, 1.82) is 0 Å². The van der Waals surface area contributed by atoms with Crippen molar-refractivity contribution in [3.63, 3.8) is 0 Å². The van der Waals surface area contributed by atoms with Crippen LogP contribution in [0.1, 0.15) is 13.8 Å². The molecule has 3 nitrogen and oxygen atoms in total. The fraction of sp³-hybridized carbons (Fsp3) is 0.300. The first kappa shape index (κ1) is 9.58. The van der Waals surface area contributed by atoms with E-state index in [9.17, 15) is 5.21 Å². The summed E-state index contributed by atoms with van der Waals surface area (Å²) in [6.45, 7) is 4.09. The number of rotatable bonds is 2. The molecule has 0 aromatic carbocycles. The minimum Gasteiger partial charge on any atom is -0.625 e. The maximum atomic E-state index is 10.5. The molecule has 0 saturated heterocycles. The molecule has 0 unspecified atom stereocenters. The molecule has 0 heterocycles. The molecule has 3 heteroatoms. The van der Waals surface area contributed by atoms with Crippen molar-refractivity contribution in [3.8, 4) is 0 Å². The molecular weight excluding hydrogens is 164 g/mol. The molecule has 0 spiro atoms. The molecule has 0 aromatic rings. The highest BCUT2D eigenvalue weighted by atomic mass is 16.4. The van der Waals surface area contributed by atoms with Crippen LogP contribution in [0.4, 0.5) is 0 Å². The summed E-state index contributed by atoms with van der Waals surface area (Å²) < 4.78 is 0. The van der Waals surface area contributed by atoms with Crippen LogP contribution in [-0.4, -0.2) is 11.8 Å². The Balaban J connectivity index is 2.73. The van der Waals surface area contributed by atoms with E-state index in [-0.39, 0.29) is 0 Å². The molecular formula is C10H14N2O. The van der Waals surface area contributed by atoms with Gasteiger partial charge < -0.3 is 10.5 Å². The maximum Gasteiger partial charge on any atom is 0.217 e. The SMILES string of the molecule is CC(C)N/C=C1/C=CC=C/C1=[NH+]\[O-]. The first-order valence-electron chi connectivity index (χ1n) is 4.30. The molecule has 2 N–H and O–H groups in total. The van der Waals surface area contributed by atoms with Gasteiger partial charge in [0, 0.05) is 18.3 Å². The van der Waals surface area contributed by atoms with Gasteiger partial charge in [-0.1, -0.05) is 12.2 Å². The Bertz CT molecular complexity index is 285. The second-order valence-corrected chi connectivity index (χ2v) is 3.16. The van der Waals surface area contributed by atoms with Gasteiger partial charge in [-0.3, -0.25) is 0 Å². The van der Waals surface area contributed by atoms with Gasteiger partial charge in [-0.2, -0.15) is 0 Å². The molecule has 0 amide bonds. The van der Waals surface area contributed by atoms with Crippen LogP contribution < -0.4 is 10.5 Å². The lowest BCUT2D eigenvalue weighted by molar-refractivity contribution is -0.371. The average Bonchev–Trinajstić information content (AvgIpc) is 2.15. The largest absolute Gasteiger partial charge is 0.625 e. The molecule has 1 aliphatic rings. The Hall–Kier alpha value is -1.51. The predicted octanol–water partition coefficient (Wildman–Crippen LogP) is 0.0137. The maximum absolute atomic E-state index is 10.5. The summed E-state index contributed by atoms with van der Waals surface area (Å²) >= 11 is 0. The fourth-order valence-corrected chi connectivity index (χ4v) is 0.972. The van der Waals surface area contributed by atoms with Crippen LogP contribution in [0.2, 0.25) is 0 Å². The van der Waals surface area contributed by atoms with Crippen molar-refractivity contribution in [2.45, 2.75) is 19.9 Å². The number of allylic oxidation sites excluding steroid dienone is 5. The van der Waals surface area contributed by atoms with Crippen LogP contribution in [0, 0.1) is 5.21 Å². The number of nitrogens with one attached hydrogen (secondary N) is 2. The second kappa shape index (κ2) is 4.50. The van der Waals surface area contributed by atoms with E-state index in [0.717, 1.165) is 5.57 Å². The molecule has 0 radical (unpaired) electrons. The Morgan fingerprint density at radius 3 is 2.69 bits per heavy atom. The van der Waals surface area contributed by atoms with E-state index in [2.05, 4.69) is 5.32 Å². The van der Waals surface area contributed by atoms with Crippen LogP contribution in [0.15, 0.2) is 36.1 Å². The first-order chi connectivity index (χ1) is 6.24. The third kappa shape index (κ3) is 2.78. The van der Waals surface area contributed by atoms with Crippen molar-refractivity contribution in [3.05, 3.63) is 41.3 Å². The molecule has 0 aromatic heterocycles. The Morgan fingerprint density at radius 2 is 2.08 bits per heavy atom. The first-order valence-corrected chi connectivity index (χ1v) is 4.30. The van der Waals surface area contributed by atoms with Crippen LogP contribution >= 0.6 is 0 Å². The number of hydrogen-bond acceptors (Lipinski definition) is 2. The summed E-state index contributed by atoms with van der Waals surface area (Å²) in [5.41, 5.74) is 1.47. The van der Waals surface area contributed by atoms with Gasteiger partial charge in [-0.05, 0) is 19.9 Å². The molecule has 0 saturated carbocycles. The smallest absolute Gasteiger partial charge is 0.217 e. The summed E-state index contributed by atoms with van der Waals surface area (Å²) in [5, 5.41) is 15.5. The van der Waals surface area contributed by atoms with Crippen LogP contribution in [0.25, 0.3) is 0 Å². The van der Waals surface area contributed by atoms with Crippen molar-refractivity contribution in [2.75, 3.05) is 0 Å². The fourth-order valence-electron chi connectivity index (χ4n) is 0.972. The second-order valence-electron chi connectivity index (χ2n) is 3.16. The predicted molar refractivity (Wildman–Crippen MR) is 54.0 cm³/mol. The molecule has 0 atom stereocenters. The zero-order valence-electron chi connectivity index (χ0n) is 7.87. The minimum atomic E-state index is 0.375. The normalized spacial score (nSPS) is 21.8. The Morgan fingerprint density at radius 1 is 1.38 bits per heavy atom. The lowest BCUT2D eigenvalue weighted by atomic mass is 10.1. The number of hydrogen-bond donors (Lipinski definition) is 2. The van der Waals surface area contributed by atoms with Crippen molar-refractivity contribution >= 4 is 5.71 Å². The van der Waals surface area contributed by atoms with Gasteiger partial charge in [-0.25, -0.2) is 5.16 Å². The van der Waals surface area contributed by atoms with E-state index in [1.54, 1.807) is 6.08 Å². The molecule has 70 valence electrons. The minimum absolute atomic E-state index is 0.375. The Labute approximate surface area is 78.1 Å². The van der Waals surface area contributed by atoms with Crippen LogP contribution in [-0.2, 0) is 0 Å². The van der Waals surface area contributed by atoms with Crippen LogP contribution in [0.3, 0.4) is 0 Å². The van der Waals surface area contributed by atoms with Crippen molar-refractivity contribution < 1.29 is 5.16 Å². The van der Waals surface area contributed by atoms with Gasteiger partial charge >= 0.3 is 0 Å². The van der Waals surface area contributed by atoms with Gasteiger partial charge in [0.25, 0.3) is 0 Å². The molecule has 0 fully saturated rings. The highest BCUT2D eigenvalue weighted by molar-refractivity contribution is 6.07. The van der Waals surface area contributed by atoms with Gasteiger partial charge in [0.05, 0.1) is 5.57 Å². The van der Waals surface area contributed by atoms with Crippen molar-refractivity contribution in [2.24, 2.45) is 0 Å². The molecule has 13 heavy (non-hydrogen) atoms. The summed E-state index contributed by atoms with van der Waals surface area (Å²) in [6, 6.07) is 0.375. The third-order valence-corrected chi connectivity index (χ3v) is 1.64. The molecule has 1 aliphatic carbocycles. The van der Waals surface area contributed by atoms with E-state index in [1.165, 1.54) is 0 Å². The summed E-state index contributed by atoms with van der Waals surface area (Å²) in [4.78, 5) is 0. The molecule has 0 aliphatic heterocycles.